The molecule has 1 aromatic rings. The topological polar surface area (TPSA) is 29.3 Å². The van der Waals surface area contributed by atoms with Gasteiger partial charge in [-0.05, 0) is 50.5 Å². The lowest BCUT2D eigenvalue weighted by Crippen LogP contribution is -2.32. The summed E-state index contributed by atoms with van der Waals surface area (Å²) in [5, 5.41) is 0. The fraction of sp³-hybridized carbons (Fsp3) is 0.571. The SMILES string of the molecule is CCC(C)N(CC)c1ccc(CN)c(C)c1. The molecule has 0 aromatic heterocycles. The highest BCUT2D eigenvalue weighted by atomic mass is 15.1. The molecule has 0 aliphatic rings. The number of hydrogen-bond acceptors (Lipinski definition) is 2. The second-order valence-electron chi connectivity index (χ2n) is 4.36. The number of nitrogens with zero attached hydrogens (tertiary/aromatic N) is 1. The average Bonchev–Trinajstić information content (AvgIpc) is 2.30. The molecule has 0 bridgehead atoms. The Labute approximate surface area is 99.5 Å². The molecule has 0 amide bonds. The van der Waals surface area contributed by atoms with E-state index < -0.39 is 0 Å². The van der Waals surface area contributed by atoms with Crippen LogP contribution in [-0.2, 0) is 6.54 Å². The fourth-order valence-corrected chi connectivity index (χ4v) is 2.06. The molecular weight excluding hydrogens is 196 g/mol. The molecule has 2 heteroatoms. The van der Waals surface area contributed by atoms with E-state index in [-0.39, 0.29) is 0 Å². The summed E-state index contributed by atoms with van der Waals surface area (Å²) in [5.74, 6) is 0. The maximum absolute atomic E-state index is 5.68. The molecule has 0 saturated heterocycles. The van der Waals surface area contributed by atoms with Gasteiger partial charge in [0.05, 0.1) is 0 Å². The molecule has 2 N–H and O–H groups in total. The molecule has 0 fully saturated rings. The van der Waals surface area contributed by atoms with Crippen molar-refractivity contribution in [2.24, 2.45) is 5.73 Å². The van der Waals surface area contributed by atoms with E-state index in [0.29, 0.717) is 12.6 Å². The highest BCUT2D eigenvalue weighted by Gasteiger charge is 2.11. The van der Waals surface area contributed by atoms with Gasteiger partial charge in [0, 0.05) is 24.8 Å². The first-order valence-electron chi connectivity index (χ1n) is 6.20. The first kappa shape index (κ1) is 13.0. The van der Waals surface area contributed by atoms with Gasteiger partial charge in [-0.2, -0.15) is 0 Å². The number of rotatable bonds is 5. The van der Waals surface area contributed by atoms with Crippen LogP contribution in [0.2, 0.25) is 0 Å². The van der Waals surface area contributed by atoms with Crippen molar-refractivity contribution in [2.45, 2.75) is 46.7 Å². The molecule has 16 heavy (non-hydrogen) atoms. The molecule has 2 nitrogen and oxygen atoms in total. The number of anilines is 1. The van der Waals surface area contributed by atoms with E-state index in [1.165, 1.54) is 23.2 Å². The van der Waals surface area contributed by atoms with Crippen molar-refractivity contribution in [2.75, 3.05) is 11.4 Å². The number of nitrogens with two attached hydrogens (primary N) is 1. The number of benzene rings is 1. The zero-order chi connectivity index (χ0) is 12.1. The number of hydrogen-bond donors (Lipinski definition) is 1. The van der Waals surface area contributed by atoms with Crippen molar-refractivity contribution in [3.05, 3.63) is 29.3 Å². The predicted octanol–water partition coefficient (Wildman–Crippen LogP) is 3.08. The smallest absolute Gasteiger partial charge is 0.0371 e. The summed E-state index contributed by atoms with van der Waals surface area (Å²) in [6.07, 6.45) is 1.17. The van der Waals surface area contributed by atoms with Crippen molar-refractivity contribution in [1.82, 2.24) is 0 Å². The summed E-state index contributed by atoms with van der Waals surface area (Å²) in [6.45, 7) is 10.5. The van der Waals surface area contributed by atoms with Crippen LogP contribution in [0, 0.1) is 6.92 Å². The third-order valence-corrected chi connectivity index (χ3v) is 3.34. The molecule has 0 saturated carbocycles. The summed E-state index contributed by atoms with van der Waals surface area (Å²) in [7, 11) is 0. The Morgan fingerprint density at radius 2 is 2.00 bits per heavy atom. The van der Waals surface area contributed by atoms with Crippen molar-refractivity contribution in [3.63, 3.8) is 0 Å². The van der Waals surface area contributed by atoms with E-state index in [1.807, 2.05) is 0 Å². The van der Waals surface area contributed by atoms with Crippen LogP contribution < -0.4 is 10.6 Å². The van der Waals surface area contributed by atoms with E-state index in [4.69, 9.17) is 5.73 Å². The minimum atomic E-state index is 0.591. The van der Waals surface area contributed by atoms with Crippen LogP contribution in [0.4, 0.5) is 5.69 Å². The summed E-state index contributed by atoms with van der Waals surface area (Å²) in [5.41, 5.74) is 9.53. The summed E-state index contributed by atoms with van der Waals surface area (Å²) >= 11 is 0. The monoisotopic (exact) mass is 220 g/mol. The first-order chi connectivity index (χ1) is 7.63. The lowest BCUT2D eigenvalue weighted by molar-refractivity contribution is 0.630. The third-order valence-electron chi connectivity index (χ3n) is 3.34. The highest BCUT2D eigenvalue weighted by Crippen LogP contribution is 2.21. The van der Waals surface area contributed by atoms with Crippen molar-refractivity contribution >= 4 is 5.69 Å². The van der Waals surface area contributed by atoms with Crippen molar-refractivity contribution < 1.29 is 0 Å². The molecular formula is C14H24N2. The van der Waals surface area contributed by atoms with E-state index in [0.717, 1.165) is 6.54 Å². The summed E-state index contributed by atoms with van der Waals surface area (Å²) < 4.78 is 0. The second kappa shape index (κ2) is 5.90. The zero-order valence-corrected chi connectivity index (χ0v) is 11.0. The molecule has 0 spiro atoms. The third kappa shape index (κ3) is 2.76. The Morgan fingerprint density at radius 1 is 1.31 bits per heavy atom. The van der Waals surface area contributed by atoms with Gasteiger partial charge in [-0.1, -0.05) is 13.0 Å². The molecule has 1 atom stereocenters. The molecule has 1 rings (SSSR count). The predicted molar refractivity (Wildman–Crippen MR) is 71.8 cm³/mol. The largest absolute Gasteiger partial charge is 0.369 e. The van der Waals surface area contributed by atoms with E-state index in [9.17, 15) is 0 Å². The van der Waals surface area contributed by atoms with Gasteiger partial charge in [0.2, 0.25) is 0 Å². The second-order valence-corrected chi connectivity index (χ2v) is 4.36. The Kier molecular flexibility index (Phi) is 4.81. The Morgan fingerprint density at radius 3 is 2.44 bits per heavy atom. The molecule has 0 radical (unpaired) electrons. The summed E-state index contributed by atoms with van der Waals surface area (Å²) in [6, 6.07) is 7.17. The Balaban J connectivity index is 2.98. The first-order valence-corrected chi connectivity index (χ1v) is 6.20. The van der Waals surface area contributed by atoms with Crippen LogP contribution in [0.15, 0.2) is 18.2 Å². The van der Waals surface area contributed by atoms with Crippen molar-refractivity contribution in [3.8, 4) is 0 Å². The molecule has 0 aliphatic heterocycles. The molecule has 1 aromatic carbocycles. The van der Waals surface area contributed by atoms with Gasteiger partial charge in [0.1, 0.15) is 0 Å². The van der Waals surface area contributed by atoms with Crippen LogP contribution in [0.3, 0.4) is 0 Å². The standard InChI is InChI=1S/C14H24N2/c1-5-12(4)16(6-2)14-8-7-13(10-15)11(3)9-14/h7-9,12H,5-6,10,15H2,1-4H3. The highest BCUT2D eigenvalue weighted by molar-refractivity contribution is 5.51. The maximum atomic E-state index is 5.68. The van der Waals surface area contributed by atoms with E-state index in [2.05, 4.69) is 50.8 Å². The molecule has 0 heterocycles. The number of aryl methyl sites for hydroxylation is 1. The van der Waals surface area contributed by atoms with Crippen molar-refractivity contribution in [1.29, 1.82) is 0 Å². The lowest BCUT2D eigenvalue weighted by atomic mass is 10.1. The van der Waals surface area contributed by atoms with Gasteiger partial charge in [0.15, 0.2) is 0 Å². The minimum absolute atomic E-state index is 0.591. The van der Waals surface area contributed by atoms with Gasteiger partial charge in [-0.3, -0.25) is 0 Å². The van der Waals surface area contributed by atoms with Gasteiger partial charge < -0.3 is 10.6 Å². The molecule has 90 valence electrons. The molecule has 1 unspecified atom stereocenters. The fourth-order valence-electron chi connectivity index (χ4n) is 2.06. The van der Waals surface area contributed by atoms with Gasteiger partial charge in [-0.25, -0.2) is 0 Å². The molecule has 0 aliphatic carbocycles. The Hall–Kier alpha value is -1.02. The van der Waals surface area contributed by atoms with Gasteiger partial charge in [-0.15, -0.1) is 0 Å². The normalized spacial score (nSPS) is 12.6. The summed E-state index contributed by atoms with van der Waals surface area (Å²) in [4.78, 5) is 2.44. The zero-order valence-electron chi connectivity index (χ0n) is 11.0. The van der Waals surface area contributed by atoms with E-state index >= 15 is 0 Å². The quantitative estimate of drug-likeness (QED) is 0.826. The minimum Gasteiger partial charge on any atom is -0.369 e. The van der Waals surface area contributed by atoms with Crippen LogP contribution >= 0.6 is 0 Å². The van der Waals surface area contributed by atoms with Gasteiger partial charge in [0.25, 0.3) is 0 Å². The van der Waals surface area contributed by atoms with Gasteiger partial charge >= 0.3 is 0 Å². The lowest BCUT2D eigenvalue weighted by Gasteiger charge is -2.30. The van der Waals surface area contributed by atoms with Crippen LogP contribution in [0.5, 0.6) is 0 Å². The average molecular weight is 220 g/mol. The maximum Gasteiger partial charge on any atom is 0.0371 e. The van der Waals surface area contributed by atoms with Crippen LogP contribution in [0.25, 0.3) is 0 Å². The van der Waals surface area contributed by atoms with E-state index in [1.54, 1.807) is 0 Å². The van der Waals surface area contributed by atoms with Crippen LogP contribution in [0.1, 0.15) is 38.3 Å². The Bertz CT molecular complexity index is 334. The van der Waals surface area contributed by atoms with Crippen LogP contribution in [-0.4, -0.2) is 12.6 Å².